The van der Waals surface area contributed by atoms with Crippen LogP contribution in [0, 0.1) is 12.8 Å². The molecule has 0 aromatic rings. The van der Waals surface area contributed by atoms with Gasteiger partial charge in [0.25, 0.3) is 0 Å². The minimum Gasteiger partial charge on any atom is -0.464 e. The second-order valence-corrected chi connectivity index (χ2v) is 7.54. The number of aromatic nitrogens is 3. The fourth-order valence-corrected chi connectivity index (χ4v) is 3.16. The van der Waals surface area contributed by atoms with Crippen LogP contribution in [-0.2, 0) is 20.9 Å². The number of ether oxygens (including phenoxy) is 1. The van der Waals surface area contributed by atoms with Gasteiger partial charge >= 0.3 is 5.97 Å². The molecule has 0 aliphatic carbocycles. The molecule has 0 radical (unpaired) electrons. The number of nitrogens with zero attached hydrogens (tertiary/aromatic N) is 3. The van der Waals surface area contributed by atoms with Crippen molar-refractivity contribution < 1.29 is 14.3 Å². The molecule has 2 rings (SSSR count). The molecule has 2 aliphatic rings. The molecule has 7 nitrogen and oxygen atoms in total. The van der Waals surface area contributed by atoms with Crippen molar-refractivity contribution in [3.63, 3.8) is 0 Å². The zero-order chi connectivity index (χ0) is 20.5. The van der Waals surface area contributed by atoms with Gasteiger partial charge in [-0.25, -0.2) is 14.8 Å². The van der Waals surface area contributed by atoms with Crippen molar-refractivity contribution >= 4 is 11.9 Å². The highest BCUT2D eigenvalue weighted by Gasteiger charge is 2.22. The Morgan fingerprint density at radius 3 is 2.64 bits per heavy atom. The first-order valence-corrected chi connectivity index (χ1v) is 10.1. The lowest BCUT2D eigenvalue weighted by molar-refractivity contribution is -0.147. The number of unbranched alkanes of at least 4 members (excludes halogenated alkanes) is 2. The van der Waals surface area contributed by atoms with E-state index in [-0.39, 0.29) is 11.9 Å². The van der Waals surface area contributed by atoms with Crippen molar-refractivity contribution in [2.24, 2.45) is 5.92 Å². The molecule has 0 saturated heterocycles. The SMILES string of the molecule is CCOC(=O)[C@H](CC(C)C)NC(=O)CCCCCn1ccc2nc(C)nc-2c1. The molecule has 0 aromatic carbocycles. The summed E-state index contributed by atoms with van der Waals surface area (Å²) in [7, 11) is 0. The number of imidazole rings is 1. The monoisotopic (exact) mass is 388 g/mol. The van der Waals surface area contributed by atoms with Gasteiger partial charge in [-0.15, -0.1) is 0 Å². The third-order valence-electron chi connectivity index (χ3n) is 4.47. The zero-order valence-electron chi connectivity index (χ0n) is 17.4. The molecule has 28 heavy (non-hydrogen) atoms. The Balaban J connectivity index is 1.70. The van der Waals surface area contributed by atoms with Crippen molar-refractivity contribution in [1.29, 1.82) is 0 Å². The minimum atomic E-state index is -0.552. The van der Waals surface area contributed by atoms with Crippen LogP contribution in [0.4, 0.5) is 0 Å². The van der Waals surface area contributed by atoms with Gasteiger partial charge in [-0.1, -0.05) is 20.3 Å². The Morgan fingerprint density at radius 2 is 1.93 bits per heavy atom. The fraction of sp³-hybridized carbons (Fsp3) is 0.619. The molecule has 0 saturated carbocycles. The Kier molecular flexibility index (Phi) is 8.42. The van der Waals surface area contributed by atoms with Crippen LogP contribution < -0.4 is 5.32 Å². The lowest BCUT2D eigenvalue weighted by Crippen LogP contribution is -2.42. The predicted molar refractivity (Wildman–Crippen MR) is 108 cm³/mol. The Labute approximate surface area is 167 Å². The van der Waals surface area contributed by atoms with Crippen LogP contribution in [0.5, 0.6) is 0 Å². The summed E-state index contributed by atoms with van der Waals surface area (Å²) in [4.78, 5) is 32.9. The largest absolute Gasteiger partial charge is 0.464 e. The second-order valence-electron chi connectivity index (χ2n) is 7.54. The van der Waals surface area contributed by atoms with Gasteiger partial charge in [-0.2, -0.15) is 0 Å². The quantitative estimate of drug-likeness (QED) is 0.471. The van der Waals surface area contributed by atoms with E-state index in [1.54, 1.807) is 6.92 Å². The minimum absolute atomic E-state index is 0.0877. The number of esters is 1. The molecule has 0 fully saturated rings. The first-order valence-electron chi connectivity index (χ1n) is 10.1. The standard InChI is InChI=1S/C21H32N4O3/c1-5-28-21(27)18(13-15(2)3)24-20(26)9-7-6-8-11-25-12-10-17-19(14-25)23-16(4)22-17/h10,12,14-15,18H,5-9,11,13H2,1-4H3,(H,24,26)/t18-/m0/s1. The third kappa shape index (κ3) is 6.94. The van der Waals surface area contributed by atoms with E-state index < -0.39 is 6.04 Å². The van der Waals surface area contributed by atoms with Crippen molar-refractivity contribution in [2.45, 2.75) is 72.4 Å². The first kappa shape index (κ1) is 21.9. The van der Waals surface area contributed by atoms with Gasteiger partial charge in [0.2, 0.25) is 5.91 Å². The predicted octanol–water partition coefficient (Wildman–Crippen LogP) is 3.35. The molecule has 1 amide bonds. The maximum Gasteiger partial charge on any atom is 0.328 e. The van der Waals surface area contributed by atoms with Crippen LogP contribution in [0.3, 0.4) is 0 Å². The van der Waals surface area contributed by atoms with Crippen molar-refractivity contribution in [2.75, 3.05) is 6.61 Å². The van der Waals surface area contributed by atoms with Crippen LogP contribution in [0.15, 0.2) is 18.5 Å². The summed E-state index contributed by atoms with van der Waals surface area (Å²) in [5.41, 5.74) is 1.83. The Hall–Kier alpha value is -2.44. The molecule has 0 spiro atoms. The third-order valence-corrected chi connectivity index (χ3v) is 4.47. The topological polar surface area (TPSA) is 86.1 Å². The normalized spacial score (nSPS) is 12.3. The lowest BCUT2D eigenvalue weighted by atomic mass is 10.0. The summed E-state index contributed by atoms with van der Waals surface area (Å²) < 4.78 is 7.17. The van der Waals surface area contributed by atoms with Crippen LogP contribution in [-0.4, -0.2) is 39.1 Å². The van der Waals surface area contributed by atoms with Crippen molar-refractivity contribution in [1.82, 2.24) is 19.9 Å². The van der Waals surface area contributed by atoms with E-state index in [1.165, 1.54) is 0 Å². The van der Waals surface area contributed by atoms with E-state index in [9.17, 15) is 9.59 Å². The first-order chi connectivity index (χ1) is 13.4. The van der Waals surface area contributed by atoms with E-state index in [0.717, 1.165) is 43.0 Å². The highest BCUT2D eigenvalue weighted by Crippen LogP contribution is 2.17. The summed E-state index contributed by atoms with van der Waals surface area (Å²) in [5.74, 6) is 0.662. The summed E-state index contributed by atoms with van der Waals surface area (Å²) >= 11 is 0. The van der Waals surface area contributed by atoms with Crippen LogP contribution >= 0.6 is 0 Å². The van der Waals surface area contributed by atoms with Gasteiger partial charge < -0.3 is 14.6 Å². The number of aryl methyl sites for hydroxylation is 2. The number of carbonyl (C=O) groups excluding carboxylic acids is 2. The molecular formula is C21H32N4O3. The molecule has 0 bridgehead atoms. The van der Waals surface area contributed by atoms with Gasteiger partial charge in [0, 0.05) is 25.4 Å². The number of amides is 1. The summed E-state index contributed by atoms with van der Waals surface area (Å²) in [6.07, 6.45) is 7.75. The van der Waals surface area contributed by atoms with E-state index in [2.05, 4.69) is 19.9 Å². The molecule has 1 atom stereocenters. The lowest BCUT2D eigenvalue weighted by Gasteiger charge is -2.19. The Bertz CT molecular complexity index is 741. The number of rotatable bonds is 11. The van der Waals surface area contributed by atoms with E-state index in [1.807, 2.05) is 39.2 Å². The molecular weight excluding hydrogens is 356 g/mol. The number of fused-ring (bicyclic) bond motifs is 1. The number of pyridine rings is 1. The smallest absolute Gasteiger partial charge is 0.328 e. The second kappa shape index (κ2) is 10.8. The molecule has 2 heterocycles. The highest BCUT2D eigenvalue weighted by atomic mass is 16.5. The molecule has 2 aliphatic heterocycles. The summed E-state index contributed by atoms with van der Waals surface area (Å²) in [6, 6.07) is 1.43. The summed E-state index contributed by atoms with van der Waals surface area (Å²) in [6.45, 7) is 8.91. The molecule has 0 unspecified atom stereocenters. The number of hydrogen-bond acceptors (Lipinski definition) is 5. The van der Waals surface area contributed by atoms with Gasteiger partial charge in [0.1, 0.15) is 17.6 Å². The van der Waals surface area contributed by atoms with Crippen molar-refractivity contribution in [3.8, 4) is 11.4 Å². The van der Waals surface area contributed by atoms with Crippen LogP contribution in [0.25, 0.3) is 11.4 Å². The maximum atomic E-state index is 12.2. The number of nitrogens with one attached hydrogen (secondary N) is 1. The van der Waals surface area contributed by atoms with Crippen LogP contribution in [0.1, 0.15) is 58.7 Å². The van der Waals surface area contributed by atoms with Gasteiger partial charge in [-0.05, 0) is 45.1 Å². The number of hydrogen-bond donors (Lipinski definition) is 1. The van der Waals surface area contributed by atoms with Gasteiger partial charge in [-0.3, -0.25) is 4.79 Å². The van der Waals surface area contributed by atoms with E-state index >= 15 is 0 Å². The average Bonchev–Trinajstić information content (AvgIpc) is 3.00. The van der Waals surface area contributed by atoms with Crippen molar-refractivity contribution in [3.05, 3.63) is 24.3 Å². The van der Waals surface area contributed by atoms with Gasteiger partial charge in [0.15, 0.2) is 0 Å². The average molecular weight is 389 g/mol. The molecule has 154 valence electrons. The molecule has 0 aromatic heterocycles. The van der Waals surface area contributed by atoms with E-state index in [4.69, 9.17) is 4.74 Å². The maximum absolute atomic E-state index is 12.2. The molecule has 1 N–H and O–H groups in total. The number of carbonyl (C=O) groups is 2. The van der Waals surface area contributed by atoms with E-state index in [0.29, 0.717) is 25.4 Å². The highest BCUT2D eigenvalue weighted by molar-refractivity contribution is 5.84. The van der Waals surface area contributed by atoms with Crippen LogP contribution in [0.2, 0.25) is 0 Å². The summed E-state index contributed by atoms with van der Waals surface area (Å²) in [5, 5.41) is 2.83. The molecule has 7 heteroatoms. The zero-order valence-corrected chi connectivity index (χ0v) is 17.4. The Morgan fingerprint density at radius 1 is 1.18 bits per heavy atom. The van der Waals surface area contributed by atoms with Gasteiger partial charge in [0.05, 0.1) is 12.3 Å². The fourth-order valence-electron chi connectivity index (χ4n) is 3.16.